The summed E-state index contributed by atoms with van der Waals surface area (Å²) in [4.78, 5) is 0. The summed E-state index contributed by atoms with van der Waals surface area (Å²) in [5.41, 5.74) is 0. The maximum atomic E-state index is 9.08. The van der Waals surface area contributed by atoms with Gasteiger partial charge in [0.2, 0.25) is 0 Å². The van der Waals surface area contributed by atoms with E-state index in [4.69, 9.17) is 25.9 Å². The molecule has 0 unspecified atom stereocenters. The monoisotopic (exact) mass is 326 g/mol. The van der Waals surface area contributed by atoms with Crippen molar-refractivity contribution < 1.29 is 36.6 Å². The first kappa shape index (κ1) is 21.0. The lowest BCUT2D eigenvalue weighted by molar-refractivity contribution is -0.510. The highest BCUT2D eigenvalue weighted by molar-refractivity contribution is 7.85. The lowest BCUT2D eigenvalue weighted by Crippen LogP contribution is -2.69. The van der Waals surface area contributed by atoms with Crippen molar-refractivity contribution in [1.82, 2.24) is 0 Å². The summed E-state index contributed by atoms with van der Waals surface area (Å²) in [5.74, 6) is 0. The van der Waals surface area contributed by atoms with E-state index < -0.39 is 20.2 Å². The lowest BCUT2D eigenvalue weighted by atomic mass is 10.6. The molecule has 0 bridgehead atoms. The normalized spacial score (nSPS) is 14.6. The van der Waals surface area contributed by atoms with Crippen molar-refractivity contribution >= 4 is 20.2 Å². The van der Waals surface area contributed by atoms with Gasteiger partial charge >= 0.3 is 0 Å². The van der Waals surface area contributed by atoms with E-state index in [1.807, 2.05) is 59.7 Å². The smallest absolute Gasteiger partial charge is 0.0973 e. The van der Waals surface area contributed by atoms with E-state index in [1.165, 1.54) is 0 Å². The predicted octanol–water partition coefficient (Wildman–Crippen LogP) is -2.50. The molecule has 10 heteroatoms. The molecule has 0 amide bonds. The van der Waals surface area contributed by atoms with E-state index in [0.29, 0.717) is 12.5 Å². The summed E-state index contributed by atoms with van der Waals surface area (Å²) < 4.78 is 54.5. The first-order chi connectivity index (χ1) is 9.00. The number of hydrogen-bond donors (Lipinski definition) is 2. The van der Waals surface area contributed by atoms with Crippen LogP contribution < -0.4 is 10.6 Å². The molecule has 2 heterocycles. The Bertz CT molecular complexity index is 471. The molecule has 2 aliphatic heterocycles. The van der Waals surface area contributed by atoms with Gasteiger partial charge in [-0.2, -0.15) is 0 Å². The van der Waals surface area contributed by atoms with Gasteiger partial charge in [-0.3, -0.25) is 10.6 Å². The SMILES string of the molecule is C1=C[NH2+]C=C1.C1=C[NH2+]C=C1.CS(=O)(=O)[O-].CS(=O)(=O)[O-]. The maximum absolute atomic E-state index is 9.08. The first-order valence-corrected chi connectivity index (χ1v) is 8.78. The van der Waals surface area contributed by atoms with Crippen LogP contribution >= 0.6 is 0 Å². The lowest BCUT2D eigenvalue weighted by Gasteiger charge is -1.90. The molecule has 2 rings (SSSR count). The molecule has 0 saturated carbocycles. The summed E-state index contributed by atoms with van der Waals surface area (Å²) in [6.07, 6.45) is 17.2. The van der Waals surface area contributed by atoms with Crippen LogP contribution in [0.1, 0.15) is 0 Å². The summed E-state index contributed by atoms with van der Waals surface area (Å²) in [6.45, 7) is 0. The quantitative estimate of drug-likeness (QED) is 0.470. The van der Waals surface area contributed by atoms with Gasteiger partial charge in [-0.15, -0.1) is 0 Å². The van der Waals surface area contributed by atoms with Gasteiger partial charge in [-0.1, -0.05) is 0 Å². The van der Waals surface area contributed by atoms with Crippen molar-refractivity contribution in [3.63, 3.8) is 0 Å². The van der Waals surface area contributed by atoms with E-state index in [-0.39, 0.29) is 0 Å². The van der Waals surface area contributed by atoms with E-state index >= 15 is 0 Å². The zero-order valence-electron chi connectivity index (χ0n) is 11.0. The van der Waals surface area contributed by atoms with E-state index in [0.717, 1.165) is 0 Å². The van der Waals surface area contributed by atoms with Crippen molar-refractivity contribution in [1.29, 1.82) is 0 Å². The Balaban J connectivity index is 0. The standard InChI is InChI=1S/2C4H5N.2CH4O3S/c2*1-2-4-5-3-1;2*1-5(2,3)4/h2*1-5H;2*1H3,(H,2,3,4). The Hall–Kier alpha value is -1.30. The highest BCUT2D eigenvalue weighted by atomic mass is 32.2. The number of rotatable bonds is 0. The van der Waals surface area contributed by atoms with Crippen molar-refractivity contribution in [3.8, 4) is 0 Å². The Morgan fingerprint density at radius 2 is 0.800 bits per heavy atom. The number of quaternary nitrogens is 2. The van der Waals surface area contributed by atoms with Crippen LogP contribution in [0.15, 0.2) is 49.1 Å². The molecular formula is C10H18N2O6S2. The van der Waals surface area contributed by atoms with E-state index in [2.05, 4.69) is 0 Å². The molecule has 116 valence electrons. The molecule has 0 aliphatic carbocycles. The van der Waals surface area contributed by atoms with Crippen molar-refractivity contribution in [2.24, 2.45) is 0 Å². The fourth-order valence-electron chi connectivity index (χ4n) is 0.642. The molecule has 0 aromatic rings. The highest BCUT2D eigenvalue weighted by Crippen LogP contribution is 1.68. The summed E-state index contributed by atoms with van der Waals surface area (Å²) >= 11 is 0. The third-order valence-electron chi connectivity index (χ3n) is 1.11. The van der Waals surface area contributed by atoms with Crippen LogP contribution in [0, 0.1) is 0 Å². The predicted molar refractivity (Wildman–Crippen MR) is 71.7 cm³/mol. The van der Waals surface area contributed by atoms with Gasteiger partial charge in [0.1, 0.15) is 0 Å². The minimum atomic E-state index is -3.92. The molecule has 0 spiro atoms. The zero-order valence-corrected chi connectivity index (χ0v) is 12.7. The Morgan fingerprint density at radius 1 is 0.650 bits per heavy atom. The second kappa shape index (κ2) is 11.5. The van der Waals surface area contributed by atoms with Gasteiger partial charge in [0, 0.05) is 12.5 Å². The zero-order chi connectivity index (χ0) is 16.1. The van der Waals surface area contributed by atoms with E-state index in [1.54, 1.807) is 0 Å². The van der Waals surface area contributed by atoms with Gasteiger partial charge < -0.3 is 9.11 Å². The number of nitrogens with two attached hydrogens (primary N) is 2. The summed E-state index contributed by atoms with van der Waals surface area (Å²) in [5, 5.41) is 4.00. The molecule has 8 nitrogen and oxygen atoms in total. The highest BCUT2D eigenvalue weighted by Gasteiger charge is 1.75. The molecule has 0 aromatic heterocycles. The second-order valence-electron chi connectivity index (χ2n) is 3.33. The fraction of sp³-hybridized carbons (Fsp3) is 0.200. The molecule has 0 radical (unpaired) electrons. The van der Waals surface area contributed by atoms with Crippen LogP contribution in [0.2, 0.25) is 0 Å². The Labute approximate surface area is 119 Å². The van der Waals surface area contributed by atoms with Gasteiger partial charge in [0.15, 0.2) is 0 Å². The molecule has 4 N–H and O–H groups in total. The topological polar surface area (TPSA) is 148 Å². The Kier molecular flexibility index (Phi) is 12.1. The van der Waals surface area contributed by atoms with Gasteiger partial charge in [0.05, 0.1) is 45.0 Å². The first-order valence-electron chi connectivity index (χ1n) is 5.15. The molecule has 0 fully saturated rings. The van der Waals surface area contributed by atoms with Crippen LogP contribution in [0.3, 0.4) is 0 Å². The van der Waals surface area contributed by atoms with E-state index in [9.17, 15) is 0 Å². The van der Waals surface area contributed by atoms with Crippen molar-refractivity contribution in [2.75, 3.05) is 12.5 Å². The molecule has 20 heavy (non-hydrogen) atoms. The van der Waals surface area contributed by atoms with Crippen LogP contribution in [-0.4, -0.2) is 38.5 Å². The maximum Gasteiger partial charge on any atom is 0.0973 e. The molecule has 0 saturated heterocycles. The van der Waals surface area contributed by atoms with Crippen LogP contribution in [0.25, 0.3) is 0 Å². The minimum Gasteiger partial charge on any atom is -0.748 e. The Morgan fingerprint density at radius 3 is 0.850 bits per heavy atom. The van der Waals surface area contributed by atoms with Gasteiger partial charge in [-0.25, -0.2) is 16.8 Å². The van der Waals surface area contributed by atoms with Crippen molar-refractivity contribution in [3.05, 3.63) is 49.1 Å². The second-order valence-corrected chi connectivity index (χ2v) is 6.15. The molecule has 2 aliphatic rings. The average molecular weight is 326 g/mol. The third kappa shape index (κ3) is 54.4. The largest absolute Gasteiger partial charge is 0.748 e. The van der Waals surface area contributed by atoms with Crippen LogP contribution in [0.5, 0.6) is 0 Å². The van der Waals surface area contributed by atoms with Crippen LogP contribution in [-0.2, 0) is 20.2 Å². The number of allylic oxidation sites excluding steroid dienone is 4. The molecule has 0 aromatic carbocycles. The summed E-state index contributed by atoms with van der Waals surface area (Å²) in [7, 11) is -7.83. The summed E-state index contributed by atoms with van der Waals surface area (Å²) in [6, 6.07) is 0. The molecular weight excluding hydrogens is 308 g/mol. The minimum absolute atomic E-state index is 0.604. The average Bonchev–Trinajstić information content (AvgIpc) is 2.92. The molecule has 0 atom stereocenters. The van der Waals surface area contributed by atoms with Crippen molar-refractivity contribution in [2.45, 2.75) is 0 Å². The van der Waals surface area contributed by atoms with Gasteiger partial charge in [0.25, 0.3) is 0 Å². The fourth-order valence-corrected chi connectivity index (χ4v) is 0.642. The third-order valence-corrected chi connectivity index (χ3v) is 1.11. The van der Waals surface area contributed by atoms with Crippen LogP contribution in [0.4, 0.5) is 0 Å². The van der Waals surface area contributed by atoms with Gasteiger partial charge in [-0.05, 0) is 24.3 Å². The number of hydrogen-bond acceptors (Lipinski definition) is 6.